The Morgan fingerprint density at radius 3 is 2.57 bits per heavy atom. The van der Waals surface area contributed by atoms with Gasteiger partial charge in [-0.3, -0.25) is 4.79 Å². The molecule has 1 atom stereocenters. The molecular formula is C17H23ClN2O. The van der Waals surface area contributed by atoms with Crippen LogP contribution < -0.4 is 11.1 Å². The molecule has 0 bridgehead atoms. The normalized spacial score (nSPS) is 13.3. The van der Waals surface area contributed by atoms with Crippen molar-refractivity contribution < 1.29 is 4.79 Å². The van der Waals surface area contributed by atoms with Crippen LogP contribution in [0.1, 0.15) is 32.3 Å². The van der Waals surface area contributed by atoms with Crippen molar-refractivity contribution in [2.24, 2.45) is 5.73 Å². The van der Waals surface area contributed by atoms with E-state index in [0.29, 0.717) is 13.0 Å². The number of hydrogen-bond acceptors (Lipinski definition) is 2. The van der Waals surface area contributed by atoms with E-state index in [4.69, 9.17) is 5.73 Å². The first-order valence-corrected chi connectivity index (χ1v) is 7.08. The smallest absolute Gasteiger partial charge is 0.240 e. The summed E-state index contributed by atoms with van der Waals surface area (Å²) in [5.74, 6) is -0.0905. The molecule has 0 saturated carbocycles. The third kappa shape index (κ3) is 4.19. The van der Waals surface area contributed by atoms with Crippen LogP contribution in [0, 0.1) is 0 Å². The molecule has 1 amide bonds. The van der Waals surface area contributed by atoms with Gasteiger partial charge in [0.15, 0.2) is 0 Å². The van der Waals surface area contributed by atoms with Crippen LogP contribution in [0.5, 0.6) is 0 Å². The Hall–Kier alpha value is -1.58. The van der Waals surface area contributed by atoms with E-state index in [9.17, 15) is 4.79 Å². The van der Waals surface area contributed by atoms with Crippen molar-refractivity contribution in [1.29, 1.82) is 0 Å². The fourth-order valence-electron chi connectivity index (χ4n) is 2.46. The van der Waals surface area contributed by atoms with Crippen molar-refractivity contribution >= 4 is 29.1 Å². The van der Waals surface area contributed by atoms with Crippen LogP contribution in [0.2, 0.25) is 0 Å². The predicted molar refractivity (Wildman–Crippen MR) is 90.5 cm³/mol. The van der Waals surface area contributed by atoms with Crippen LogP contribution in [0.4, 0.5) is 0 Å². The van der Waals surface area contributed by atoms with Gasteiger partial charge in [-0.25, -0.2) is 0 Å². The van der Waals surface area contributed by atoms with E-state index in [0.717, 1.165) is 12.0 Å². The van der Waals surface area contributed by atoms with Crippen molar-refractivity contribution in [3.8, 4) is 0 Å². The maximum atomic E-state index is 12.1. The fourth-order valence-corrected chi connectivity index (χ4v) is 2.46. The minimum absolute atomic E-state index is 0. The highest BCUT2D eigenvalue weighted by Gasteiger charge is 2.26. The van der Waals surface area contributed by atoms with E-state index in [1.165, 1.54) is 10.8 Å². The molecular weight excluding hydrogens is 284 g/mol. The summed E-state index contributed by atoms with van der Waals surface area (Å²) in [5.41, 5.74) is 6.36. The van der Waals surface area contributed by atoms with Crippen LogP contribution in [-0.4, -0.2) is 11.4 Å². The van der Waals surface area contributed by atoms with E-state index < -0.39 is 5.54 Å². The Bertz CT molecular complexity index is 605. The molecule has 2 aromatic rings. The molecule has 0 spiro atoms. The number of carbonyl (C=O) groups excluding carboxylic acids is 1. The lowest BCUT2D eigenvalue weighted by atomic mass is 9.96. The first-order valence-electron chi connectivity index (χ1n) is 7.08. The molecule has 0 saturated heterocycles. The SMILES string of the molecule is CCCC(C)(N)C(=O)NCc1cccc2ccccc12.Cl. The molecule has 0 fully saturated rings. The summed E-state index contributed by atoms with van der Waals surface area (Å²) >= 11 is 0. The Balaban J connectivity index is 0.00000220. The summed E-state index contributed by atoms with van der Waals surface area (Å²) in [5, 5.41) is 5.31. The second-order valence-electron chi connectivity index (χ2n) is 5.49. The molecule has 114 valence electrons. The number of rotatable bonds is 5. The van der Waals surface area contributed by atoms with E-state index in [1.807, 2.05) is 31.2 Å². The van der Waals surface area contributed by atoms with Gasteiger partial charge in [0, 0.05) is 6.54 Å². The van der Waals surface area contributed by atoms with Crippen molar-refractivity contribution in [2.45, 2.75) is 38.8 Å². The summed E-state index contributed by atoms with van der Waals surface area (Å²) < 4.78 is 0. The largest absolute Gasteiger partial charge is 0.350 e. The van der Waals surface area contributed by atoms with Crippen LogP contribution in [-0.2, 0) is 11.3 Å². The maximum Gasteiger partial charge on any atom is 0.240 e. The van der Waals surface area contributed by atoms with Gasteiger partial charge in [-0.1, -0.05) is 55.8 Å². The van der Waals surface area contributed by atoms with E-state index in [-0.39, 0.29) is 18.3 Å². The van der Waals surface area contributed by atoms with E-state index in [1.54, 1.807) is 6.92 Å². The van der Waals surface area contributed by atoms with Crippen LogP contribution in [0.3, 0.4) is 0 Å². The molecule has 2 aromatic carbocycles. The van der Waals surface area contributed by atoms with Crippen LogP contribution >= 0.6 is 12.4 Å². The first kappa shape index (κ1) is 17.5. The number of nitrogens with two attached hydrogens (primary N) is 1. The lowest BCUT2D eigenvalue weighted by Gasteiger charge is -2.23. The Kier molecular flexibility index (Phi) is 6.19. The van der Waals surface area contributed by atoms with Gasteiger partial charge in [0.05, 0.1) is 5.54 Å². The van der Waals surface area contributed by atoms with Gasteiger partial charge >= 0.3 is 0 Å². The zero-order valence-corrected chi connectivity index (χ0v) is 13.4. The Morgan fingerprint density at radius 1 is 1.19 bits per heavy atom. The number of halogens is 1. The highest BCUT2D eigenvalue weighted by Crippen LogP contribution is 2.18. The summed E-state index contributed by atoms with van der Waals surface area (Å²) in [6, 6.07) is 14.3. The topological polar surface area (TPSA) is 55.1 Å². The monoisotopic (exact) mass is 306 g/mol. The van der Waals surface area contributed by atoms with Crippen LogP contribution in [0.25, 0.3) is 10.8 Å². The van der Waals surface area contributed by atoms with Crippen molar-refractivity contribution in [1.82, 2.24) is 5.32 Å². The highest BCUT2D eigenvalue weighted by atomic mass is 35.5. The molecule has 4 heteroatoms. The standard InChI is InChI=1S/C17H22N2O.ClH/c1-3-11-17(2,18)16(20)19-12-14-9-6-8-13-7-4-5-10-15(13)14;/h4-10H,3,11-12,18H2,1-2H3,(H,19,20);1H. The maximum absolute atomic E-state index is 12.1. The highest BCUT2D eigenvalue weighted by molar-refractivity contribution is 5.88. The minimum atomic E-state index is -0.792. The average molecular weight is 307 g/mol. The Labute approximate surface area is 132 Å². The van der Waals surface area contributed by atoms with Crippen molar-refractivity contribution in [3.63, 3.8) is 0 Å². The molecule has 3 nitrogen and oxygen atoms in total. The molecule has 0 aliphatic rings. The number of nitrogens with one attached hydrogen (secondary N) is 1. The predicted octanol–water partition coefficient (Wildman–Crippen LogP) is 3.40. The minimum Gasteiger partial charge on any atom is -0.350 e. The summed E-state index contributed by atoms with van der Waals surface area (Å²) in [6.45, 7) is 4.33. The zero-order chi connectivity index (χ0) is 14.6. The molecule has 0 aliphatic heterocycles. The van der Waals surface area contributed by atoms with Crippen molar-refractivity contribution in [3.05, 3.63) is 48.0 Å². The first-order chi connectivity index (χ1) is 9.54. The summed E-state index contributed by atoms with van der Waals surface area (Å²) in [7, 11) is 0. The molecule has 21 heavy (non-hydrogen) atoms. The third-order valence-electron chi connectivity index (χ3n) is 3.61. The summed E-state index contributed by atoms with van der Waals surface area (Å²) in [6.07, 6.45) is 1.59. The van der Waals surface area contributed by atoms with Gasteiger partial charge in [-0.15, -0.1) is 12.4 Å². The van der Waals surface area contributed by atoms with Gasteiger partial charge < -0.3 is 11.1 Å². The number of amides is 1. The third-order valence-corrected chi connectivity index (χ3v) is 3.61. The number of carbonyl (C=O) groups is 1. The van der Waals surface area contributed by atoms with Gasteiger partial charge in [-0.2, -0.15) is 0 Å². The molecule has 0 aliphatic carbocycles. The fraction of sp³-hybridized carbons (Fsp3) is 0.353. The van der Waals surface area contributed by atoms with Gasteiger partial charge in [0.2, 0.25) is 5.91 Å². The van der Waals surface area contributed by atoms with Crippen LogP contribution in [0.15, 0.2) is 42.5 Å². The lowest BCUT2D eigenvalue weighted by Crippen LogP contribution is -2.51. The molecule has 2 rings (SSSR count). The molecule has 1 unspecified atom stereocenters. The number of fused-ring (bicyclic) bond motifs is 1. The summed E-state index contributed by atoms with van der Waals surface area (Å²) in [4.78, 5) is 12.1. The molecule has 3 N–H and O–H groups in total. The Morgan fingerprint density at radius 2 is 1.86 bits per heavy atom. The second kappa shape index (κ2) is 7.43. The van der Waals surface area contributed by atoms with Gasteiger partial charge in [0.1, 0.15) is 0 Å². The molecule has 0 radical (unpaired) electrons. The molecule has 0 heterocycles. The number of hydrogen-bond donors (Lipinski definition) is 2. The lowest BCUT2D eigenvalue weighted by molar-refractivity contribution is -0.126. The molecule has 0 aromatic heterocycles. The van der Waals surface area contributed by atoms with E-state index in [2.05, 4.69) is 23.5 Å². The zero-order valence-electron chi connectivity index (χ0n) is 12.6. The number of benzene rings is 2. The average Bonchev–Trinajstić information content (AvgIpc) is 2.44. The quantitative estimate of drug-likeness (QED) is 0.889. The van der Waals surface area contributed by atoms with Gasteiger partial charge in [0.25, 0.3) is 0 Å². The van der Waals surface area contributed by atoms with Gasteiger partial charge in [-0.05, 0) is 29.7 Å². The second-order valence-corrected chi connectivity index (χ2v) is 5.49. The van der Waals surface area contributed by atoms with E-state index >= 15 is 0 Å². The van der Waals surface area contributed by atoms with Crippen molar-refractivity contribution in [2.75, 3.05) is 0 Å².